The molecule has 0 radical (unpaired) electrons. The summed E-state index contributed by atoms with van der Waals surface area (Å²) >= 11 is 0. The Bertz CT molecular complexity index is 452. The molecule has 2 rings (SSSR count). The van der Waals surface area contributed by atoms with E-state index in [1.807, 2.05) is 12.4 Å². The monoisotopic (exact) mass is 184 g/mol. The summed E-state index contributed by atoms with van der Waals surface area (Å²) in [5.74, 6) is 0. The summed E-state index contributed by atoms with van der Waals surface area (Å²) in [5.41, 5.74) is 1.38. The van der Waals surface area contributed by atoms with Gasteiger partial charge >= 0.3 is 0 Å². The second-order valence-electron chi connectivity index (χ2n) is 5.05. The summed E-state index contributed by atoms with van der Waals surface area (Å²) in [5, 5.41) is 2.58. The molecule has 0 N–H and O–H groups in total. The largest absolute Gasteiger partial charge is 0.267 e. The molecule has 0 fully saturated rings. The van der Waals surface area contributed by atoms with Gasteiger partial charge in [0.15, 0.2) is 0 Å². The first-order valence-corrected chi connectivity index (χ1v) is 5.19. The van der Waals surface area contributed by atoms with Crippen molar-refractivity contribution in [2.24, 2.45) is 0 Å². The van der Waals surface area contributed by atoms with E-state index in [0.717, 1.165) is 0 Å². The van der Waals surface area contributed by atoms with Crippen LogP contribution in [0, 0.1) is 0 Å². The van der Waals surface area contributed by atoms with Crippen LogP contribution < -0.4 is 5.46 Å². The van der Waals surface area contributed by atoms with Crippen LogP contribution in [-0.4, -0.2) is 11.1 Å². The molecule has 72 valence electrons. The summed E-state index contributed by atoms with van der Waals surface area (Å²) in [6, 6.07) is 8.45. The van der Waals surface area contributed by atoms with Gasteiger partial charge in [0.1, 0.15) is 0 Å². The molecule has 0 bridgehead atoms. The highest BCUT2D eigenvalue weighted by Gasteiger charge is 2.10. The van der Waals surface area contributed by atoms with Gasteiger partial charge in [-0.2, -0.15) is 25.9 Å². The second kappa shape index (κ2) is 3.12. The van der Waals surface area contributed by atoms with Crippen molar-refractivity contribution in [1.82, 2.24) is 4.98 Å². The molecule has 1 aromatic heterocycles. The third-order valence-electron chi connectivity index (χ3n) is 2.63. The summed E-state index contributed by atoms with van der Waals surface area (Å²) < 4.78 is 0. The lowest BCUT2D eigenvalue weighted by molar-refractivity contribution is 1.37. The van der Waals surface area contributed by atoms with Crippen LogP contribution in [0.3, 0.4) is 0 Å². The van der Waals surface area contributed by atoms with Crippen molar-refractivity contribution in [3.63, 3.8) is 0 Å². The molecular formula is C12H15BN-. The lowest BCUT2D eigenvalue weighted by atomic mass is 9.26. The summed E-state index contributed by atoms with van der Waals surface area (Å²) in [6.07, 6.45) is 3.45. The van der Waals surface area contributed by atoms with E-state index in [-0.39, 0.29) is 0 Å². The number of pyridine rings is 1. The van der Waals surface area contributed by atoms with E-state index in [2.05, 4.69) is 49.7 Å². The van der Waals surface area contributed by atoms with E-state index < -0.39 is 6.15 Å². The zero-order valence-electron chi connectivity index (χ0n) is 8.99. The van der Waals surface area contributed by atoms with E-state index in [1.54, 1.807) is 0 Å². The highest BCUT2D eigenvalue weighted by molar-refractivity contribution is 6.90. The van der Waals surface area contributed by atoms with Crippen molar-refractivity contribution in [2.45, 2.75) is 20.5 Å². The average Bonchev–Trinajstić information content (AvgIpc) is 2.15. The Labute approximate surface area is 85.1 Å². The SMILES string of the molecule is C[B-](C)(C)c1cncc2ccccc12. The number of aromatic nitrogens is 1. The molecule has 1 aromatic carbocycles. The Kier molecular flexibility index (Phi) is 2.07. The molecule has 0 saturated carbocycles. The fourth-order valence-electron chi connectivity index (χ4n) is 1.83. The van der Waals surface area contributed by atoms with Gasteiger partial charge in [-0.15, -0.1) is 0 Å². The van der Waals surface area contributed by atoms with Crippen molar-refractivity contribution in [3.05, 3.63) is 36.7 Å². The number of nitrogens with zero attached hydrogens (tertiary/aromatic N) is 1. The topological polar surface area (TPSA) is 12.9 Å². The molecule has 2 aromatic rings. The average molecular weight is 184 g/mol. The van der Waals surface area contributed by atoms with Gasteiger partial charge in [0.25, 0.3) is 0 Å². The summed E-state index contributed by atoms with van der Waals surface area (Å²) in [7, 11) is 0. The Morgan fingerprint density at radius 3 is 2.43 bits per heavy atom. The Morgan fingerprint density at radius 1 is 1.00 bits per heavy atom. The minimum Gasteiger partial charge on any atom is -0.267 e. The van der Waals surface area contributed by atoms with Crippen molar-refractivity contribution >= 4 is 22.4 Å². The lowest BCUT2D eigenvalue weighted by Gasteiger charge is -2.26. The minimum absolute atomic E-state index is 0.479. The first-order valence-electron chi connectivity index (χ1n) is 5.19. The summed E-state index contributed by atoms with van der Waals surface area (Å²) in [6.45, 7) is 6.84. The standard InChI is InChI=1S/C12H15BN/c1-13(2,3)12-9-14-8-10-6-4-5-7-11(10)12/h4-9H,1-3H3/q-1. The highest BCUT2D eigenvalue weighted by Crippen LogP contribution is 2.13. The maximum atomic E-state index is 4.29. The van der Waals surface area contributed by atoms with E-state index in [0.29, 0.717) is 0 Å². The number of hydrogen-bond acceptors (Lipinski definition) is 1. The second-order valence-corrected chi connectivity index (χ2v) is 5.05. The molecule has 0 atom stereocenters. The number of rotatable bonds is 1. The van der Waals surface area contributed by atoms with Crippen LogP contribution in [0.5, 0.6) is 0 Å². The third kappa shape index (κ3) is 1.52. The van der Waals surface area contributed by atoms with Crippen LogP contribution in [0.2, 0.25) is 20.5 Å². The number of hydrogen-bond donors (Lipinski definition) is 0. The smallest absolute Gasteiger partial charge is 0.0343 e. The van der Waals surface area contributed by atoms with Gasteiger partial charge in [-0.25, -0.2) is 0 Å². The van der Waals surface area contributed by atoms with Gasteiger partial charge in [0.05, 0.1) is 0 Å². The third-order valence-corrected chi connectivity index (χ3v) is 2.63. The number of benzene rings is 1. The molecule has 1 nitrogen and oxygen atoms in total. The molecule has 14 heavy (non-hydrogen) atoms. The van der Waals surface area contributed by atoms with Crippen LogP contribution in [0.25, 0.3) is 10.8 Å². The van der Waals surface area contributed by atoms with Gasteiger partial charge in [-0.1, -0.05) is 29.7 Å². The van der Waals surface area contributed by atoms with Gasteiger partial charge in [0, 0.05) is 12.3 Å². The molecule has 1 heterocycles. The molecule has 0 aliphatic rings. The molecule has 0 spiro atoms. The number of fused-ring (bicyclic) bond motifs is 1. The van der Waals surface area contributed by atoms with Crippen LogP contribution >= 0.6 is 0 Å². The van der Waals surface area contributed by atoms with Gasteiger partial charge in [-0.3, -0.25) is 4.98 Å². The van der Waals surface area contributed by atoms with Crippen LogP contribution in [-0.2, 0) is 0 Å². The zero-order valence-corrected chi connectivity index (χ0v) is 8.99. The predicted molar refractivity (Wildman–Crippen MR) is 64.7 cm³/mol. The van der Waals surface area contributed by atoms with Crippen molar-refractivity contribution in [1.29, 1.82) is 0 Å². The fraction of sp³-hybridized carbons (Fsp3) is 0.250. The van der Waals surface area contributed by atoms with Crippen LogP contribution in [0.1, 0.15) is 0 Å². The Balaban J connectivity index is 2.78. The normalized spacial score (nSPS) is 11.9. The highest BCUT2D eigenvalue weighted by atomic mass is 14.6. The predicted octanol–water partition coefficient (Wildman–Crippen LogP) is 2.78. The van der Waals surface area contributed by atoms with E-state index in [1.165, 1.54) is 16.2 Å². The minimum atomic E-state index is -0.479. The van der Waals surface area contributed by atoms with Gasteiger partial charge < -0.3 is 0 Å². The van der Waals surface area contributed by atoms with Crippen LogP contribution in [0.4, 0.5) is 0 Å². The van der Waals surface area contributed by atoms with E-state index >= 15 is 0 Å². The molecule has 2 heteroatoms. The van der Waals surface area contributed by atoms with Crippen molar-refractivity contribution in [3.8, 4) is 0 Å². The quantitative estimate of drug-likeness (QED) is 0.621. The molecule has 0 unspecified atom stereocenters. The Hall–Kier alpha value is -1.31. The molecule has 0 saturated heterocycles. The molecular weight excluding hydrogens is 169 g/mol. The van der Waals surface area contributed by atoms with Crippen LogP contribution in [0.15, 0.2) is 36.7 Å². The van der Waals surface area contributed by atoms with E-state index in [9.17, 15) is 0 Å². The maximum Gasteiger partial charge on any atom is 0.0343 e. The lowest BCUT2D eigenvalue weighted by Crippen LogP contribution is -2.38. The maximum absolute atomic E-state index is 4.29. The summed E-state index contributed by atoms with van der Waals surface area (Å²) in [4.78, 5) is 4.29. The molecule has 0 aliphatic heterocycles. The van der Waals surface area contributed by atoms with Crippen molar-refractivity contribution in [2.75, 3.05) is 0 Å². The van der Waals surface area contributed by atoms with E-state index in [4.69, 9.17) is 0 Å². The zero-order chi connectivity index (χ0) is 10.2. The van der Waals surface area contributed by atoms with Gasteiger partial charge in [-0.05, 0) is 11.6 Å². The first kappa shape index (κ1) is 9.26. The van der Waals surface area contributed by atoms with Gasteiger partial charge in [0.2, 0.25) is 0 Å². The fourth-order valence-corrected chi connectivity index (χ4v) is 1.83. The molecule has 0 aliphatic carbocycles. The Morgan fingerprint density at radius 2 is 1.71 bits per heavy atom. The molecule has 0 amide bonds. The van der Waals surface area contributed by atoms with Crippen molar-refractivity contribution < 1.29 is 0 Å². The first-order chi connectivity index (χ1) is 6.59.